The molecule has 1 unspecified atom stereocenters. The number of methoxy groups -OCH3 is 1. The molecule has 8 heteroatoms. The van der Waals surface area contributed by atoms with E-state index in [-0.39, 0.29) is 11.3 Å². The number of carbonyl (C=O) groups is 2. The first-order chi connectivity index (χ1) is 16.0. The quantitative estimate of drug-likeness (QED) is 0.290. The minimum atomic E-state index is -0.842. The molecule has 1 aliphatic rings. The van der Waals surface area contributed by atoms with E-state index in [0.29, 0.717) is 39.4 Å². The maximum atomic E-state index is 13.2. The average Bonchev–Trinajstić information content (AvgIpc) is 3.10. The van der Waals surface area contributed by atoms with E-state index >= 15 is 0 Å². The predicted octanol–water partition coefficient (Wildman–Crippen LogP) is 4.88. The molecule has 168 valence electrons. The van der Waals surface area contributed by atoms with Crippen molar-refractivity contribution >= 4 is 39.1 Å². The molecule has 1 saturated heterocycles. The van der Waals surface area contributed by atoms with Crippen molar-refractivity contribution in [2.75, 3.05) is 18.6 Å². The van der Waals surface area contributed by atoms with Crippen LogP contribution in [0.1, 0.15) is 24.1 Å². The van der Waals surface area contributed by atoms with Crippen LogP contribution in [0.2, 0.25) is 0 Å². The van der Waals surface area contributed by atoms with E-state index in [4.69, 9.17) is 9.47 Å². The molecule has 0 spiro atoms. The molecule has 2 heterocycles. The van der Waals surface area contributed by atoms with Gasteiger partial charge in [-0.25, -0.2) is 0 Å². The second kappa shape index (κ2) is 9.46. The number of Topliss-reactive ketones (excluding diaryl/α,β-unsaturated/α-hetero) is 1. The number of hydrogen-bond acceptors (Lipinski definition) is 6. The Morgan fingerprint density at radius 1 is 1.12 bits per heavy atom. The number of ketones is 1. The minimum Gasteiger partial charge on any atom is -0.507 e. The molecule has 2 aromatic carbocycles. The Morgan fingerprint density at radius 2 is 1.88 bits per heavy atom. The van der Waals surface area contributed by atoms with Crippen molar-refractivity contribution in [3.8, 4) is 11.5 Å². The lowest BCUT2D eigenvalue weighted by atomic mass is 9.95. The van der Waals surface area contributed by atoms with Gasteiger partial charge in [-0.05, 0) is 70.9 Å². The third-order valence-electron chi connectivity index (χ3n) is 5.30. The van der Waals surface area contributed by atoms with Crippen LogP contribution >= 0.6 is 15.9 Å². The monoisotopic (exact) mass is 508 g/mol. The molecule has 0 saturated carbocycles. The molecular formula is C25H21BrN2O5. The molecule has 4 rings (SSSR count). The summed E-state index contributed by atoms with van der Waals surface area (Å²) >= 11 is 3.40. The van der Waals surface area contributed by atoms with Crippen molar-refractivity contribution in [2.45, 2.75) is 13.0 Å². The van der Waals surface area contributed by atoms with Gasteiger partial charge in [-0.1, -0.05) is 6.07 Å². The Bertz CT molecular complexity index is 1240. The summed E-state index contributed by atoms with van der Waals surface area (Å²) < 4.78 is 11.4. The second-order valence-electron chi connectivity index (χ2n) is 7.23. The van der Waals surface area contributed by atoms with Crippen LogP contribution in [0.4, 0.5) is 5.69 Å². The number of anilines is 1. The Labute approximate surface area is 199 Å². The van der Waals surface area contributed by atoms with Crippen LogP contribution < -0.4 is 14.4 Å². The number of carbonyl (C=O) groups excluding carboxylic acids is 2. The van der Waals surface area contributed by atoms with Gasteiger partial charge in [0.15, 0.2) is 0 Å². The molecular weight excluding hydrogens is 488 g/mol. The highest BCUT2D eigenvalue weighted by atomic mass is 79.9. The molecule has 1 aromatic heterocycles. The standard InChI is InChI=1S/C25H21BrN2O5/c1-3-33-18-6-4-5-17(14-18)28-22(15-9-11-27-12-10-15)21(24(30)25(28)31)23(29)16-7-8-20(32-2)19(26)13-16/h4-14,22,29H,3H2,1-2H3/b23-21+. The van der Waals surface area contributed by atoms with E-state index in [1.807, 2.05) is 6.92 Å². The SMILES string of the molecule is CCOc1cccc(N2C(=O)C(=O)/C(=C(/O)c3ccc(OC)c(Br)c3)C2c2ccncc2)c1. The highest BCUT2D eigenvalue weighted by Gasteiger charge is 2.47. The summed E-state index contributed by atoms with van der Waals surface area (Å²) in [5.74, 6) is -0.639. The highest BCUT2D eigenvalue weighted by molar-refractivity contribution is 9.10. The normalized spacial score (nSPS) is 17.3. The number of hydrogen-bond donors (Lipinski definition) is 1. The number of aliphatic hydroxyl groups is 1. The lowest BCUT2D eigenvalue weighted by Gasteiger charge is -2.25. The Morgan fingerprint density at radius 3 is 2.55 bits per heavy atom. The van der Waals surface area contributed by atoms with E-state index in [1.165, 1.54) is 12.0 Å². The topological polar surface area (TPSA) is 89.0 Å². The molecule has 7 nitrogen and oxygen atoms in total. The zero-order valence-corrected chi connectivity index (χ0v) is 19.6. The maximum Gasteiger partial charge on any atom is 0.300 e. The number of nitrogens with zero attached hydrogens (tertiary/aromatic N) is 2. The summed E-state index contributed by atoms with van der Waals surface area (Å²) in [6, 6.07) is 14.5. The molecule has 3 aromatic rings. The predicted molar refractivity (Wildman–Crippen MR) is 127 cm³/mol. The summed E-state index contributed by atoms with van der Waals surface area (Å²) in [6.45, 7) is 2.32. The fraction of sp³-hybridized carbons (Fsp3) is 0.160. The van der Waals surface area contributed by atoms with Crippen LogP contribution in [0.15, 0.2) is 77.0 Å². The van der Waals surface area contributed by atoms with E-state index < -0.39 is 17.7 Å². The fourth-order valence-corrected chi connectivity index (χ4v) is 4.36. The smallest absolute Gasteiger partial charge is 0.300 e. The zero-order valence-electron chi connectivity index (χ0n) is 18.0. The number of amides is 1. The van der Waals surface area contributed by atoms with Gasteiger partial charge in [0.25, 0.3) is 11.7 Å². The van der Waals surface area contributed by atoms with Gasteiger partial charge in [-0.15, -0.1) is 0 Å². The highest BCUT2D eigenvalue weighted by Crippen LogP contribution is 2.43. The van der Waals surface area contributed by atoms with Crippen molar-refractivity contribution in [3.63, 3.8) is 0 Å². The van der Waals surface area contributed by atoms with E-state index in [2.05, 4.69) is 20.9 Å². The molecule has 0 bridgehead atoms. The molecule has 1 amide bonds. The molecule has 33 heavy (non-hydrogen) atoms. The number of pyridine rings is 1. The molecule has 1 atom stereocenters. The number of rotatable bonds is 6. The van der Waals surface area contributed by atoms with Gasteiger partial charge in [-0.2, -0.15) is 0 Å². The number of halogens is 1. The van der Waals surface area contributed by atoms with Crippen molar-refractivity contribution in [1.82, 2.24) is 4.98 Å². The van der Waals surface area contributed by atoms with Gasteiger partial charge in [0.2, 0.25) is 0 Å². The molecule has 0 radical (unpaired) electrons. The van der Waals surface area contributed by atoms with E-state index in [9.17, 15) is 14.7 Å². The minimum absolute atomic E-state index is 0.00919. The molecule has 1 fully saturated rings. The first-order valence-electron chi connectivity index (χ1n) is 10.2. The summed E-state index contributed by atoms with van der Waals surface area (Å²) in [4.78, 5) is 31.9. The van der Waals surface area contributed by atoms with Crippen molar-refractivity contribution in [2.24, 2.45) is 0 Å². The number of ether oxygens (including phenoxy) is 2. The molecule has 1 N–H and O–H groups in total. The van der Waals surface area contributed by atoms with Crippen molar-refractivity contribution in [1.29, 1.82) is 0 Å². The maximum absolute atomic E-state index is 13.2. The van der Waals surface area contributed by atoms with Crippen molar-refractivity contribution < 1.29 is 24.2 Å². The zero-order chi connectivity index (χ0) is 23.5. The van der Waals surface area contributed by atoms with Crippen LogP contribution in [0, 0.1) is 0 Å². The van der Waals surface area contributed by atoms with Crippen LogP contribution in [0.25, 0.3) is 5.76 Å². The number of benzene rings is 2. The molecule has 1 aliphatic heterocycles. The lowest BCUT2D eigenvalue weighted by Crippen LogP contribution is -2.29. The first-order valence-corrected chi connectivity index (χ1v) is 11.0. The summed E-state index contributed by atoms with van der Waals surface area (Å²) in [7, 11) is 1.53. The van der Waals surface area contributed by atoms with Gasteiger partial charge in [-0.3, -0.25) is 19.5 Å². The average molecular weight is 509 g/mol. The van der Waals surface area contributed by atoms with Crippen LogP contribution in [-0.4, -0.2) is 35.5 Å². The lowest BCUT2D eigenvalue weighted by molar-refractivity contribution is -0.132. The summed E-state index contributed by atoms with van der Waals surface area (Å²) in [5, 5.41) is 11.2. The van der Waals surface area contributed by atoms with Gasteiger partial charge in [0, 0.05) is 29.7 Å². The second-order valence-corrected chi connectivity index (χ2v) is 8.08. The Kier molecular flexibility index (Phi) is 6.46. The third-order valence-corrected chi connectivity index (χ3v) is 5.92. The largest absolute Gasteiger partial charge is 0.507 e. The third kappa shape index (κ3) is 4.21. The van der Waals surface area contributed by atoms with Crippen LogP contribution in [0.5, 0.6) is 11.5 Å². The molecule has 0 aliphatic carbocycles. The summed E-state index contributed by atoms with van der Waals surface area (Å²) in [5.41, 5.74) is 1.49. The number of aliphatic hydroxyl groups excluding tert-OH is 1. The van der Waals surface area contributed by atoms with Crippen molar-refractivity contribution in [3.05, 3.63) is 88.2 Å². The Hall–Kier alpha value is -3.65. The Balaban J connectivity index is 1.91. The van der Waals surface area contributed by atoms with E-state index in [1.54, 1.807) is 67.0 Å². The number of aromatic nitrogens is 1. The summed E-state index contributed by atoms with van der Waals surface area (Å²) in [6.07, 6.45) is 3.16. The van der Waals surface area contributed by atoms with Gasteiger partial charge < -0.3 is 14.6 Å². The van der Waals surface area contributed by atoms with Crippen LogP contribution in [0.3, 0.4) is 0 Å². The van der Waals surface area contributed by atoms with Gasteiger partial charge in [0.05, 0.1) is 29.8 Å². The fourth-order valence-electron chi connectivity index (χ4n) is 3.82. The van der Waals surface area contributed by atoms with Gasteiger partial charge in [0.1, 0.15) is 17.3 Å². The van der Waals surface area contributed by atoms with Crippen LogP contribution in [-0.2, 0) is 9.59 Å². The first kappa shape index (κ1) is 22.5. The van der Waals surface area contributed by atoms with Gasteiger partial charge >= 0.3 is 0 Å². The van der Waals surface area contributed by atoms with E-state index in [0.717, 1.165) is 0 Å².